The van der Waals surface area contributed by atoms with E-state index in [1.54, 1.807) is 13.8 Å². The van der Waals surface area contributed by atoms with Crippen LogP contribution in [0.2, 0.25) is 0 Å². The summed E-state index contributed by atoms with van der Waals surface area (Å²) in [6.07, 6.45) is 0.580. The topological polar surface area (TPSA) is 90.8 Å². The number of pyridine rings is 2. The van der Waals surface area contributed by atoms with E-state index in [1.807, 2.05) is 109 Å². The van der Waals surface area contributed by atoms with Gasteiger partial charge in [0, 0.05) is 16.2 Å². The Morgan fingerprint density at radius 1 is 0.653 bits per heavy atom. The summed E-state index contributed by atoms with van der Waals surface area (Å²) in [6, 6.07) is 40.0. The molecule has 6 aromatic rings. The first-order chi connectivity index (χ1) is 23.8. The van der Waals surface area contributed by atoms with Gasteiger partial charge in [-0.25, -0.2) is 19.6 Å². The number of carbonyl (C=O) groups is 1. The van der Waals surface area contributed by atoms with Crippen molar-refractivity contribution >= 4 is 27.8 Å². The first-order valence-corrected chi connectivity index (χ1v) is 16.8. The number of hydrogen-bond donors (Lipinski definition) is 1. The minimum atomic E-state index is -0.744. The van der Waals surface area contributed by atoms with Crippen LogP contribution in [0.3, 0.4) is 0 Å². The van der Waals surface area contributed by atoms with Crippen molar-refractivity contribution in [2.24, 2.45) is 0 Å². The van der Waals surface area contributed by atoms with Gasteiger partial charge in [-0.2, -0.15) is 5.21 Å². The minimum absolute atomic E-state index is 0.120. The second-order valence-electron chi connectivity index (χ2n) is 12.4. The lowest BCUT2D eigenvalue weighted by Crippen LogP contribution is -2.46. The summed E-state index contributed by atoms with van der Waals surface area (Å²) < 4.78 is 12.2. The molecule has 0 aliphatic rings. The van der Waals surface area contributed by atoms with Gasteiger partial charge in [-0.3, -0.25) is 0 Å². The summed E-state index contributed by atoms with van der Waals surface area (Å²) in [5, 5.41) is 12.7. The predicted molar refractivity (Wildman–Crippen MR) is 190 cm³/mol. The van der Waals surface area contributed by atoms with Crippen LogP contribution >= 0.6 is 0 Å². The lowest BCUT2D eigenvalue weighted by molar-refractivity contribution is -1.23. The van der Waals surface area contributed by atoms with E-state index in [0.717, 1.165) is 55.8 Å². The Morgan fingerprint density at radius 2 is 1.10 bits per heavy atom. The molecule has 6 rings (SSSR count). The van der Waals surface area contributed by atoms with Crippen molar-refractivity contribution in [3.63, 3.8) is 0 Å². The Bertz CT molecular complexity index is 1900. The number of benzene rings is 4. The van der Waals surface area contributed by atoms with Crippen LogP contribution < -0.4 is 9.47 Å². The minimum Gasteiger partial charge on any atom is -0.487 e. The van der Waals surface area contributed by atoms with Crippen LogP contribution in [0.15, 0.2) is 121 Å². The first-order valence-electron chi connectivity index (χ1n) is 16.8. The number of aromatic nitrogens is 2. The molecular weight excluding hydrogens is 614 g/mol. The van der Waals surface area contributed by atoms with Crippen molar-refractivity contribution < 1.29 is 29.1 Å². The highest BCUT2D eigenvalue weighted by molar-refractivity contribution is 5.79. The van der Waals surface area contributed by atoms with E-state index in [-0.39, 0.29) is 19.5 Å². The molecular formula is C41H42N3O5+. The van der Waals surface area contributed by atoms with E-state index in [9.17, 15) is 10.0 Å². The van der Waals surface area contributed by atoms with Crippen LogP contribution in [-0.2, 0) is 28.3 Å². The number of para-hydroxylation sites is 2. The molecule has 0 bridgehead atoms. The Hall–Kier alpha value is -5.31. The second kappa shape index (κ2) is 14.8. The summed E-state index contributed by atoms with van der Waals surface area (Å²) in [6.45, 7) is 6.90. The molecule has 250 valence electrons. The highest BCUT2D eigenvalue weighted by Crippen LogP contribution is 2.38. The second-order valence-corrected chi connectivity index (χ2v) is 12.4. The third-order valence-electron chi connectivity index (χ3n) is 9.16. The van der Waals surface area contributed by atoms with Crippen LogP contribution in [0.1, 0.15) is 56.1 Å². The molecule has 0 fully saturated rings. The number of quaternary nitrogens is 1. The summed E-state index contributed by atoms with van der Waals surface area (Å²) >= 11 is 0. The third-order valence-corrected chi connectivity index (χ3v) is 9.16. The molecule has 4 aromatic carbocycles. The Balaban J connectivity index is 1.18. The average molecular weight is 657 g/mol. The van der Waals surface area contributed by atoms with E-state index in [0.29, 0.717) is 19.6 Å². The maximum absolute atomic E-state index is 12.9. The van der Waals surface area contributed by atoms with E-state index in [1.165, 1.54) is 0 Å². The number of nitrogens with zero attached hydrogens (tertiary/aromatic N) is 3. The SMILES string of the molecule is CC[N+](O)(CC)OC(=O)CCC(C)(c1ccc(OCc2ccc3ccccc3n2)cc1)c1ccc(OCc2ccc3ccccc3n2)cc1. The number of fused-ring (bicyclic) bond motifs is 2. The third kappa shape index (κ3) is 8.05. The van der Waals surface area contributed by atoms with Crippen LogP contribution in [0.5, 0.6) is 11.5 Å². The van der Waals surface area contributed by atoms with Gasteiger partial charge in [-0.1, -0.05) is 79.7 Å². The normalized spacial score (nSPS) is 11.8. The van der Waals surface area contributed by atoms with Gasteiger partial charge in [0.05, 0.1) is 28.8 Å². The van der Waals surface area contributed by atoms with Crippen molar-refractivity contribution in [1.82, 2.24) is 9.97 Å². The molecule has 0 amide bonds. The average Bonchev–Trinajstić information content (AvgIpc) is 3.15. The highest BCUT2D eigenvalue weighted by atomic mass is 16.9. The zero-order valence-corrected chi connectivity index (χ0v) is 28.2. The maximum atomic E-state index is 12.9. The summed E-state index contributed by atoms with van der Waals surface area (Å²) in [4.78, 5) is 27.1. The van der Waals surface area contributed by atoms with Crippen LogP contribution in [-0.4, -0.2) is 39.0 Å². The maximum Gasteiger partial charge on any atom is 0.371 e. The molecule has 49 heavy (non-hydrogen) atoms. The van der Waals surface area contributed by atoms with Gasteiger partial charge in [0.25, 0.3) is 0 Å². The molecule has 0 saturated heterocycles. The molecule has 8 heteroatoms. The molecule has 2 heterocycles. The Morgan fingerprint density at radius 3 is 1.55 bits per heavy atom. The summed E-state index contributed by atoms with van der Waals surface area (Å²) in [5.41, 5.74) is 5.04. The lowest BCUT2D eigenvalue weighted by atomic mass is 9.73. The van der Waals surface area contributed by atoms with Crippen LogP contribution in [0, 0.1) is 0 Å². The fourth-order valence-electron chi connectivity index (χ4n) is 5.93. The summed E-state index contributed by atoms with van der Waals surface area (Å²) in [7, 11) is 0. The molecule has 2 aromatic heterocycles. The van der Waals surface area contributed by atoms with Crippen molar-refractivity contribution in [2.45, 2.75) is 52.2 Å². The van der Waals surface area contributed by atoms with Crippen molar-refractivity contribution in [2.75, 3.05) is 13.1 Å². The number of hydroxylamine groups is 4. The van der Waals surface area contributed by atoms with E-state index < -0.39 is 16.2 Å². The van der Waals surface area contributed by atoms with Crippen molar-refractivity contribution in [1.29, 1.82) is 0 Å². The monoisotopic (exact) mass is 656 g/mol. The van der Waals surface area contributed by atoms with E-state index in [4.69, 9.17) is 24.3 Å². The molecule has 0 spiro atoms. The Kier molecular flexibility index (Phi) is 10.2. The largest absolute Gasteiger partial charge is 0.487 e. The van der Waals surface area contributed by atoms with Gasteiger partial charge < -0.3 is 9.47 Å². The molecule has 0 radical (unpaired) electrons. The van der Waals surface area contributed by atoms with Gasteiger partial charge in [0.1, 0.15) is 37.8 Å². The van der Waals surface area contributed by atoms with Gasteiger partial charge in [-0.15, -0.1) is 0 Å². The quantitative estimate of drug-likeness (QED) is 0.0926. The van der Waals surface area contributed by atoms with Crippen LogP contribution in [0.25, 0.3) is 21.8 Å². The Labute approximate surface area is 287 Å². The summed E-state index contributed by atoms with van der Waals surface area (Å²) in [5.74, 6) is 0.989. The highest BCUT2D eigenvalue weighted by Gasteiger charge is 2.33. The predicted octanol–water partition coefficient (Wildman–Crippen LogP) is 8.73. The number of hydrogen-bond acceptors (Lipinski definition) is 7. The number of rotatable bonds is 14. The van der Waals surface area contributed by atoms with E-state index >= 15 is 0 Å². The smallest absolute Gasteiger partial charge is 0.371 e. The molecule has 1 N–H and O–H groups in total. The van der Waals surface area contributed by atoms with Crippen molar-refractivity contribution in [3.05, 3.63) is 144 Å². The standard InChI is InChI=1S/C41H42N3O5/c1-4-44(46,5-2)49-40(45)26-27-41(3,32-16-22-36(23-17-32)47-28-34-20-14-30-10-6-8-12-38(30)42-34)33-18-24-37(25-19-33)48-29-35-21-15-31-11-7-9-13-39(31)43-35/h6-25,46H,4-5,26-29H2,1-3H3/q+1. The van der Waals surface area contributed by atoms with Gasteiger partial charge in [0.15, 0.2) is 0 Å². The molecule has 0 aliphatic heterocycles. The fourth-order valence-corrected chi connectivity index (χ4v) is 5.93. The van der Waals surface area contributed by atoms with Gasteiger partial charge in [-0.05, 0) is 84.7 Å². The lowest BCUT2D eigenvalue weighted by Gasteiger charge is -2.31. The number of carbonyl (C=O) groups excluding carboxylic acids is 1. The van der Waals surface area contributed by atoms with Crippen molar-refractivity contribution in [3.8, 4) is 11.5 Å². The zero-order chi connectivity index (χ0) is 34.3. The van der Waals surface area contributed by atoms with Gasteiger partial charge >= 0.3 is 5.97 Å². The molecule has 0 saturated carbocycles. The number of ether oxygens (including phenoxy) is 2. The molecule has 0 aliphatic carbocycles. The van der Waals surface area contributed by atoms with Crippen LogP contribution in [0.4, 0.5) is 0 Å². The zero-order valence-electron chi connectivity index (χ0n) is 28.2. The van der Waals surface area contributed by atoms with Gasteiger partial charge in [0.2, 0.25) is 0 Å². The first kappa shape index (κ1) is 33.6. The molecule has 8 nitrogen and oxygen atoms in total. The fraction of sp³-hybridized carbons (Fsp3) is 0.244. The molecule has 0 atom stereocenters. The van der Waals surface area contributed by atoms with E-state index in [2.05, 4.69) is 19.1 Å². The molecule has 0 unspecified atom stereocenters.